The molecule has 258 valence electrons. The van der Waals surface area contributed by atoms with Gasteiger partial charge in [-0.3, -0.25) is 14.4 Å². The zero-order valence-electron chi connectivity index (χ0n) is 28.1. The van der Waals surface area contributed by atoms with Crippen molar-refractivity contribution in [2.45, 2.75) is 54.5 Å². The number of thioether (sulfide) groups is 1. The highest BCUT2D eigenvalue weighted by molar-refractivity contribution is 9.09. The van der Waals surface area contributed by atoms with Crippen LogP contribution in [0.15, 0.2) is 73.8 Å². The number of alkyl halides is 1. The lowest BCUT2D eigenvalue weighted by molar-refractivity contribution is -0.139. The van der Waals surface area contributed by atoms with Gasteiger partial charge in [-0.25, -0.2) is 0 Å². The number of fused-ring (bicyclic) bond motifs is 1. The highest BCUT2D eigenvalue weighted by atomic mass is 79.9. The maximum Gasteiger partial charge on any atom is 0.251 e. The molecule has 2 aromatic carbocycles. The Morgan fingerprint density at radius 3 is 2.08 bits per heavy atom. The van der Waals surface area contributed by atoms with Crippen LogP contribution in [-0.2, 0) is 14.4 Å². The van der Waals surface area contributed by atoms with E-state index in [-0.39, 0.29) is 54.0 Å². The second-order valence-electron chi connectivity index (χ2n) is 12.4. The summed E-state index contributed by atoms with van der Waals surface area (Å²) in [5.41, 5.74) is 2.48. The molecule has 2 aromatic rings. The van der Waals surface area contributed by atoms with E-state index in [1.165, 1.54) is 0 Å². The number of aliphatic hydroxyl groups excluding tert-OH is 1. The molecule has 5 rings (SSSR count). The Balaban J connectivity index is 1.53. The smallest absolute Gasteiger partial charge is 0.251 e. The molecule has 6 atom stereocenters. The van der Waals surface area contributed by atoms with Gasteiger partial charge in [-0.15, -0.1) is 24.9 Å². The minimum atomic E-state index is -0.817. The van der Waals surface area contributed by atoms with Crippen molar-refractivity contribution in [3.05, 3.63) is 73.8 Å². The average Bonchev–Trinajstić information content (AvgIpc) is 3.69. The summed E-state index contributed by atoms with van der Waals surface area (Å²) in [5.74, 6) is -1.19. The molecule has 1 spiro atoms. The molecule has 0 saturated carbocycles. The Morgan fingerprint density at radius 1 is 0.979 bits per heavy atom. The maximum absolute atomic E-state index is 14.9. The molecule has 3 amide bonds. The van der Waals surface area contributed by atoms with Crippen molar-refractivity contribution in [3.8, 4) is 5.75 Å². The van der Waals surface area contributed by atoms with Gasteiger partial charge >= 0.3 is 0 Å². The molecule has 0 radical (unpaired) electrons. The van der Waals surface area contributed by atoms with E-state index in [1.54, 1.807) is 38.6 Å². The molecule has 11 heteroatoms. The number of anilines is 3. The Hall–Kier alpha value is -3.28. The van der Waals surface area contributed by atoms with Gasteiger partial charge in [0.1, 0.15) is 11.8 Å². The number of halogens is 1. The fourth-order valence-electron chi connectivity index (χ4n) is 7.72. The standard InChI is InChI=1S/C37H47BrN4O5S/c1-6-20-40(27-16-18-28(19-17-27)47-10-5)34(44)30-31-35(45)42(22-11-23-43)33(37(31)24-29(38)32(30)48-37)36(46)41(21-7-2)26-14-12-25(13-15-26)39(8-3)9-4/h6-7,12-19,29-33,43H,1-2,8-11,20-24H2,3-5H3/t29?,30-,31+,32-,33?,37?/m1/s1. The maximum atomic E-state index is 14.9. The number of hydrogen-bond acceptors (Lipinski definition) is 7. The summed E-state index contributed by atoms with van der Waals surface area (Å²) in [6.45, 7) is 16.9. The Bertz CT molecular complexity index is 1490. The summed E-state index contributed by atoms with van der Waals surface area (Å²) < 4.78 is 4.80. The molecule has 3 aliphatic heterocycles. The van der Waals surface area contributed by atoms with Crippen molar-refractivity contribution >= 4 is 62.5 Å². The van der Waals surface area contributed by atoms with Gasteiger partial charge in [0.2, 0.25) is 11.8 Å². The van der Waals surface area contributed by atoms with Gasteiger partial charge in [0, 0.05) is 66.5 Å². The van der Waals surface area contributed by atoms with E-state index in [1.807, 2.05) is 55.5 Å². The number of likely N-dealkylation sites (tertiary alicyclic amines) is 1. The predicted octanol–water partition coefficient (Wildman–Crippen LogP) is 5.52. The molecule has 1 N–H and O–H groups in total. The normalized spacial score (nSPS) is 25.5. The van der Waals surface area contributed by atoms with E-state index in [9.17, 15) is 19.5 Å². The first-order valence-corrected chi connectivity index (χ1v) is 18.7. The van der Waals surface area contributed by atoms with Crippen molar-refractivity contribution in [2.24, 2.45) is 11.8 Å². The van der Waals surface area contributed by atoms with Gasteiger partial charge in [0.05, 0.1) is 23.2 Å². The first-order valence-electron chi connectivity index (χ1n) is 16.9. The summed E-state index contributed by atoms with van der Waals surface area (Å²) in [7, 11) is 0. The summed E-state index contributed by atoms with van der Waals surface area (Å²) in [6, 6.07) is 14.5. The van der Waals surface area contributed by atoms with Crippen molar-refractivity contribution in [2.75, 3.05) is 60.6 Å². The van der Waals surface area contributed by atoms with E-state index in [4.69, 9.17) is 4.74 Å². The topological polar surface area (TPSA) is 93.6 Å². The number of amides is 3. The van der Waals surface area contributed by atoms with E-state index in [0.717, 1.165) is 24.5 Å². The Morgan fingerprint density at radius 2 is 1.54 bits per heavy atom. The van der Waals surface area contributed by atoms with Gasteiger partial charge in [-0.2, -0.15) is 0 Å². The molecule has 0 aromatic heterocycles. The fraction of sp³-hybridized carbons (Fsp3) is 0.486. The van der Waals surface area contributed by atoms with Crippen LogP contribution in [0.4, 0.5) is 17.1 Å². The minimum Gasteiger partial charge on any atom is -0.494 e. The first-order chi connectivity index (χ1) is 23.2. The third-order valence-electron chi connectivity index (χ3n) is 9.77. The van der Waals surface area contributed by atoms with Crippen LogP contribution >= 0.6 is 27.7 Å². The molecule has 3 fully saturated rings. The molecule has 0 aliphatic carbocycles. The number of nitrogens with zero attached hydrogens (tertiary/aromatic N) is 4. The zero-order valence-corrected chi connectivity index (χ0v) is 30.5. The third-order valence-corrected chi connectivity index (χ3v) is 13.0. The molecule has 3 aliphatic rings. The van der Waals surface area contributed by atoms with Crippen LogP contribution in [0.1, 0.15) is 33.6 Å². The van der Waals surface area contributed by atoms with Gasteiger partial charge in [0.15, 0.2) is 0 Å². The lowest BCUT2D eigenvalue weighted by Gasteiger charge is -2.38. The lowest BCUT2D eigenvalue weighted by Crippen LogP contribution is -2.56. The van der Waals surface area contributed by atoms with Crippen LogP contribution in [0, 0.1) is 11.8 Å². The van der Waals surface area contributed by atoms with Crippen molar-refractivity contribution in [1.82, 2.24) is 4.90 Å². The van der Waals surface area contributed by atoms with Crippen LogP contribution in [0.2, 0.25) is 0 Å². The number of benzene rings is 2. The number of carbonyl (C=O) groups excluding carboxylic acids is 3. The summed E-state index contributed by atoms with van der Waals surface area (Å²) in [5, 5.41) is 9.61. The van der Waals surface area contributed by atoms with Crippen molar-refractivity contribution < 1.29 is 24.2 Å². The lowest BCUT2D eigenvalue weighted by atomic mass is 9.70. The van der Waals surface area contributed by atoms with Crippen LogP contribution in [-0.4, -0.2) is 94.5 Å². The number of ether oxygens (including phenoxy) is 1. The molecule has 48 heavy (non-hydrogen) atoms. The summed E-state index contributed by atoms with van der Waals surface area (Å²) in [4.78, 5) is 51.3. The van der Waals surface area contributed by atoms with Gasteiger partial charge < -0.3 is 29.4 Å². The van der Waals surface area contributed by atoms with Crippen LogP contribution < -0.4 is 19.4 Å². The SMILES string of the molecule is C=CCN(C(=O)C1N(CCCO)C(=O)[C@@H]2[C@@H](C(=O)N(CC=C)c3ccc(OCC)cc3)[C@@H]3SC12CC3Br)c1ccc(N(CC)CC)cc1. The van der Waals surface area contributed by atoms with E-state index < -0.39 is 22.6 Å². The molecule has 3 heterocycles. The van der Waals surface area contributed by atoms with E-state index in [0.29, 0.717) is 30.9 Å². The second-order valence-corrected chi connectivity index (χ2v) is 15.1. The number of hydrogen-bond donors (Lipinski definition) is 1. The molecule has 3 saturated heterocycles. The predicted molar refractivity (Wildman–Crippen MR) is 198 cm³/mol. The quantitative estimate of drug-likeness (QED) is 0.179. The first kappa shape index (κ1) is 36.0. The van der Waals surface area contributed by atoms with E-state index >= 15 is 0 Å². The monoisotopic (exact) mass is 738 g/mol. The highest BCUT2D eigenvalue weighted by Crippen LogP contribution is 2.68. The zero-order chi connectivity index (χ0) is 34.6. The summed E-state index contributed by atoms with van der Waals surface area (Å²) in [6.07, 6.45) is 4.29. The Labute approximate surface area is 297 Å². The average molecular weight is 740 g/mol. The molecular weight excluding hydrogens is 692 g/mol. The molecule has 3 unspecified atom stereocenters. The minimum absolute atomic E-state index is 0.0688. The fourth-order valence-corrected chi connectivity index (χ4v) is 11.3. The van der Waals surface area contributed by atoms with Gasteiger partial charge in [-0.1, -0.05) is 28.1 Å². The van der Waals surface area contributed by atoms with Crippen LogP contribution in [0.3, 0.4) is 0 Å². The largest absolute Gasteiger partial charge is 0.494 e. The molecular formula is C37H47BrN4O5S. The number of aliphatic hydroxyl groups is 1. The van der Waals surface area contributed by atoms with E-state index in [2.05, 4.69) is 47.8 Å². The van der Waals surface area contributed by atoms with Crippen LogP contribution in [0.25, 0.3) is 0 Å². The van der Waals surface area contributed by atoms with Gasteiger partial charge in [0.25, 0.3) is 5.91 Å². The van der Waals surface area contributed by atoms with Crippen molar-refractivity contribution in [1.29, 1.82) is 0 Å². The van der Waals surface area contributed by atoms with Gasteiger partial charge in [-0.05, 0) is 82.1 Å². The molecule has 2 bridgehead atoms. The Kier molecular flexibility index (Phi) is 11.6. The second kappa shape index (κ2) is 15.5. The highest BCUT2D eigenvalue weighted by Gasteiger charge is 2.76. The summed E-state index contributed by atoms with van der Waals surface area (Å²) >= 11 is 5.49. The number of rotatable bonds is 16. The third kappa shape index (κ3) is 6.41. The number of carbonyl (C=O) groups is 3. The van der Waals surface area contributed by atoms with Crippen molar-refractivity contribution in [3.63, 3.8) is 0 Å². The molecule has 9 nitrogen and oxygen atoms in total. The van der Waals surface area contributed by atoms with Crippen LogP contribution in [0.5, 0.6) is 5.75 Å².